The van der Waals surface area contributed by atoms with Crippen molar-refractivity contribution < 1.29 is 19.8 Å². The van der Waals surface area contributed by atoms with Crippen molar-refractivity contribution in [2.75, 3.05) is 11.1 Å². The molecule has 0 heterocycles. The van der Waals surface area contributed by atoms with Gasteiger partial charge in [-0.05, 0) is 38.1 Å². The number of nitrogens with two attached hydrogens (primary N) is 1. The van der Waals surface area contributed by atoms with Gasteiger partial charge in [0.1, 0.15) is 11.5 Å². The number of fused-ring (bicyclic) bond motifs is 2. The van der Waals surface area contributed by atoms with Gasteiger partial charge >= 0.3 is 0 Å². The molecule has 2 aromatic carbocycles. The van der Waals surface area contributed by atoms with Gasteiger partial charge in [-0.3, -0.25) is 9.59 Å². The van der Waals surface area contributed by atoms with Crippen LogP contribution in [-0.4, -0.2) is 27.8 Å². The lowest BCUT2D eigenvalue weighted by Crippen LogP contribution is -2.25. The summed E-state index contributed by atoms with van der Waals surface area (Å²) < 4.78 is 0. The van der Waals surface area contributed by atoms with Gasteiger partial charge in [0, 0.05) is 17.4 Å². The summed E-state index contributed by atoms with van der Waals surface area (Å²) >= 11 is 0. The number of rotatable bonds is 2. The van der Waals surface area contributed by atoms with Crippen LogP contribution in [0.1, 0.15) is 45.7 Å². The molecule has 0 aliphatic heterocycles. The number of carbonyl (C=O) groups excluding carboxylic acids is 2. The molecular formula is C17H16N2O4. The third-order valence-corrected chi connectivity index (χ3v) is 3.75. The second-order valence-electron chi connectivity index (χ2n) is 5.76. The molecule has 0 atom stereocenters. The molecular weight excluding hydrogens is 296 g/mol. The molecule has 118 valence electrons. The Kier molecular flexibility index (Phi) is 3.25. The number of benzene rings is 2. The molecule has 23 heavy (non-hydrogen) atoms. The summed E-state index contributed by atoms with van der Waals surface area (Å²) in [5.41, 5.74) is 6.09. The lowest BCUT2D eigenvalue weighted by atomic mass is 9.81. The Morgan fingerprint density at radius 2 is 1.39 bits per heavy atom. The molecule has 0 radical (unpaired) electrons. The first-order chi connectivity index (χ1) is 10.8. The van der Waals surface area contributed by atoms with E-state index < -0.39 is 11.6 Å². The van der Waals surface area contributed by atoms with Gasteiger partial charge in [-0.2, -0.15) is 0 Å². The molecule has 3 rings (SSSR count). The molecule has 1 aliphatic rings. The highest BCUT2D eigenvalue weighted by Crippen LogP contribution is 2.41. The van der Waals surface area contributed by atoms with E-state index in [1.165, 1.54) is 24.3 Å². The van der Waals surface area contributed by atoms with Crippen LogP contribution < -0.4 is 11.1 Å². The first kappa shape index (κ1) is 14.9. The molecule has 0 aromatic heterocycles. The molecule has 0 fully saturated rings. The summed E-state index contributed by atoms with van der Waals surface area (Å²) in [6.45, 7) is 3.77. The van der Waals surface area contributed by atoms with Crippen LogP contribution in [0, 0.1) is 0 Å². The topological polar surface area (TPSA) is 113 Å². The fourth-order valence-corrected chi connectivity index (χ4v) is 2.82. The number of hydrogen-bond donors (Lipinski definition) is 4. The highest BCUT2D eigenvalue weighted by molar-refractivity contribution is 6.33. The zero-order valence-electron chi connectivity index (χ0n) is 12.7. The molecule has 0 saturated heterocycles. The molecule has 0 amide bonds. The van der Waals surface area contributed by atoms with Crippen molar-refractivity contribution in [3.63, 3.8) is 0 Å². The van der Waals surface area contributed by atoms with Crippen molar-refractivity contribution in [2.45, 2.75) is 19.9 Å². The van der Waals surface area contributed by atoms with Gasteiger partial charge in [-0.1, -0.05) is 0 Å². The average Bonchev–Trinajstić information content (AvgIpc) is 2.48. The highest BCUT2D eigenvalue weighted by atomic mass is 16.3. The number of nitrogen functional groups attached to an aromatic ring is 1. The van der Waals surface area contributed by atoms with Gasteiger partial charge in [0.05, 0.1) is 22.3 Å². The van der Waals surface area contributed by atoms with Crippen molar-refractivity contribution in [2.24, 2.45) is 0 Å². The van der Waals surface area contributed by atoms with Gasteiger partial charge in [0.25, 0.3) is 0 Å². The Hall–Kier alpha value is -3.02. The van der Waals surface area contributed by atoms with E-state index in [0.717, 1.165) is 0 Å². The zero-order valence-corrected chi connectivity index (χ0v) is 12.7. The van der Waals surface area contributed by atoms with E-state index in [1.807, 2.05) is 13.8 Å². The van der Waals surface area contributed by atoms with Crippen LogP contribution in [0.4, 0.5) is 11.4 Å². The minimum atomic E-state index is -0.576. The van der Waals surface area contributed by atoms with E-state index in [0.29, 0.717) is 5.69 Å². The Morgan fingerprint density at radius 1 is 0.870 bits per heavy atom. The van der Waals surface area contributed by atoms with Crippen LogP contribution in [-0.2, 0) is 0 Å². The monoisotopic (exact) mass is 312 g/mol. The van der Waals surface area contributed by atoms with Crippen LogP contribution >= 0.6 is 0 Å². The minimum absolute atomic E-state index is 0.0161. The number of ketones is 2. The molecule has 6 nitrogen and oxygen atoms in total. The smallest absolute Gasteiger partial charge is 0.200 e. The average molecular weight is 312 g/mol. The number of phenolic OH excluding ortho intramolecular Hbond substituents is 2. The van der Waals surface area contributed by atoms with Crippen molar-refractivity contribution in [3.05, 3.63) is 46.5 Å². The second-order valence-corrected chi connectivity index (χ2v) is 5.76. The van der Waals surface area contributed by atoms with Crippen molar-refractivity contribution in [3.8, 4) is 11.5 Å². The number of hydrogen-bond acceptors (Lipinski definition) is 6. The molecule has 0 spiro atoms. The molecule has 0 unspecified atom stereocenters. The predicted molar refractivity (Wildman–Crippen MR) is 86.2 cm³/mol. The number of aromatic hydroxyl groups is 2. The molecule has 0 bridgehead atoms. The predicted octanol–water partition coefficient (Wildman–Crippen LogP) is 2.28. The van der Waals surface area contributed by atoms with Crippen molar-refractivity contribution in [1.29, 1.82) is 0 Å². The summed E-state index contributed by atoms with van der Waals surface area (Å²) in [7, 11) is 0. The summed E-state index contributed by atoms with van der Waals surface area (Å²) in [5.74, 6) is -1.72. The molecule has 6 heteroatoms. The van der Waals surface area contributed by atoms with E-state index in [9.17, 15) is 19.8 Å². The van der Waals surface area contributed by atoms with E-state index >= 15 is 0 Å². The number of nitrogens with one attached hydrogen (secondary N) is 1. The summed E-state index contributed by atoms with van der Waals surface area (Å²) in [4.78, 5) is 25.6. The number of anilines is 2. The highest BCUT2D eigenvalue weighted by Gasteiger charge is 2.37. The van der Waals surface area contributed by atoms with E-state index in [-0.39, 0.29) is 45.5 Å². The van der Waals surface area contributed by atoms with Crippen LogP contribution in [0.15, 0.2) is 24.3 Å². The van der Waals surface area contributed by atoms with Crippen LogP contribution in [0.25, 0.3) is 0 Å². The van der Waals surface area contributed by atoms with Crippen LogP contribution in [0.5, 0.6) is 11.5 Å². The van der Waals surface area contributed by atoms with Crippen molar-refractivity contribution in [1.82, 2.24) is 0 Å². The third kappa shape index (κ3) is 2.11. The maximum Gasteiger partial charge on any atom is 0.200 e. The van der Waals surface area contributed by atoms with Crippen molar-refractivity contribution >= 4 is 22.9 Å². The molecule has 5 N–H and O–H groups in total. The molecule has 2 aromatic rings. The first-order valence-electron chi connectivity index (χ1n) is 7.16. The third-order valence-electron chi connectivity index (χ3n) is 3.75. The fourth-order valence-electron chi connectivity index (χ4n) is 2.82. The second kappa shape index (κ2) is 5.01. The molecule has 1 aliphatic carbocycles. The first-order valence-corrected chi connectivity index (χ1v) is 7.16. The lowest BCUT2D eigenvalue weighted by Gasteiger charge is -2.24. The molecule has 0 saturated carbocycles. The van der Waals surface area contributed by atoms with Gasteiger partial charge < -0.3 is 21.3 Å². The zero-order chi connectivity index (χ0) is 16.9. The van der Waals surface area contributed by atoms with Crippen LogP contribution in [0.3, 0.4) is 0 Å². The SMILES string of the molecule is CC(C)Nc1ccc(O)c2c1C(=O)c1c(O)ccc(N)c1C2=O. The summed E-state index contributed by atoms with van der Waals surface area (Å²) in [5, 5.41) is 23.2. The summed E-state index contributed by atoms with van der Waals surface area (Å²) in [6.07, 6.45) is 0. The Bertz CT molecular complexity index is 856. The maximum atomic E-state index is 12.9. The quantitative estimate of drug-likeness (QED) is 0.426. The number of phenols is 2. The summed E-state index contributed by atoms with van der Waals surface area (Å²) in [6, 6.07) is 5.55. The van der Waals surface area contributed by atoms with Gasteiger partial charge in [-0.25, -0.2) is 0 Å². The largest absolute Gasteiger partial charge is 0.507 e. The Morgan fingerprint density at radius 3 is 2.00 bits per heavy atom. The van der Waals surface area contributed by atoms with E-state index in [4.69, 9.17) is 5.73 Å². The van der Waals surface area contributed by atoms with E-state index in [1.54, 1.807) is 0 Å². The Labute approximate surface area is 132 Å². The number of carbonyl (C=O) groups is 2. The van der Waals surface area contributed by atoms with E-state index in [2.05, 4.69) is 5.32 Å². The standard InChI is InChI=1S/C17H16N2O4/c1-7(2)19-9-4-6-11(21)15-13(9)17(23)14-10(20)5-3-8(18)12(14)16(15)22/h3-7,19-21H,18H2,1-2H3. The Balaban J connectivity index is 2.35. The van der Waals surface area contributed by atoms with Crippen LogP contribution in [0.2, 0.25) is 0 Å². The fraction of sp³-hybridized carbons (Fsp3) is 0.176. The van der Waals surface area contributed by atoms with Gasteiger partial charge in [0.2, 0.25) is 11.6 Å². The minimum Gasteiger partial charge on any atom is -0.507 e. The normalized spacial score (nSPS) is 13.0. The van der Waals surface area contributed by atoms with Gasteiger partial charge in [0.15, 0.2) is 0 Å². The lowest BCUT2D eigenvalue weighted by molar-refractivity contribution is 0.0975. The van der Waals surface area contributed by atoms with Gasteiger partial charge in [-0.15, -0.1) is 0 Å². The maximum absolute atomic E-state index is 12.9.